The molecule has 0 saturated heterocycles. The number of fused-ring (bicyclic) bond motifs is 3. The van der Waals surface area contributed by atoms with Crippen molar-refractivity contribution in [3.8, 4) is 39.1 Å². The molecule has 272 valence electrons. The van der Waals surface area contributed by atoms with Crippen LogP contribution in [0.1, 0.15) is 18.1 Å². The molecule has 1 N–H and O–H groups in total. The molecule has 2 nitrogen and oxygen atoms in total. The van der Waals surface area contributed by atoms with Gasteiger partial charge in [-0.25, -0.2) is 0 Å². The highest BCUT2D eigenvalue weighted by molar-refractivity contribution is 6.10. The van der Waals surface area contributed by atoms with Crippen LogP contribution in [-0.2, 0) is 0 Å². The lowest BCUT2D eigenvalue weighted by atomic mass is 9.81. The summed E-state index contributed by atoms with van der Waals surface area (Å²) in [4.78, 5) is 0. The Morgan fingerprint density at radius 3 is 1.65 bits per heavy atom. The monoisotopic (exact) mass is 730 g/mol. The summed E-state index contributed by atoms with van der Waals surface area (Å²) in [5.74, 6) is 0.258. The molecule has 57 heavy (non-hydrogen) atoms. The molecule has 2 unspecified atom stereocenters. The van der Waals surface area contributed by atoms with E-state index in [1.807, 2.05) is 0 Å². The van der Waals surface area contributed by atoms with Crippen molar-refractivity contribution in [2.45, 2.75) is 13.0 Å². The van der Waals surface area contributed by atoms with Crippen LogP contribution in [0, 0.1) is 5.92 Å². The van der Waals surface area contributed by atoms with E-state index in [1.165, 1.54) is 77.5 Å². The summed E-state index contributed by atoms with van der Waals surface area (Å²) < 4.78 is 2.40. The summed E-state index contributed by atoms with van der Waals surface area (Å²) in [7, 11) is 0. The molecule has 0 radical (unpaired) electrons. The summed E-state index contributed by atoms with van der Waals surface area (Å²) in [6, 6.07) is 74.6. The Morgan fingerprint density at radius 2 is 0.930 bits per heavy atom. The SMILES string of the molecule is CC1C=C(c2ccc(-c3ccc4c(c3)c3ccccc3n4-c3cccc(-c4ccccc4)c3)cc2)C=C(c2ccccc2)C1Nc1cccc(-c2ccccc2)c1. The first kappa shape index (κ1) is 34.3. The standard InChI is InChI=1S/C55H42N2/c1-38-33-47(37-51(43-19-9-4-10-20-43)55(38)56-48-23-13-21-44(34-48)39-15-5-2-6-16-39)42-29-27-41(28-30-42)46-31-32-54-52(36-46)50-25-11-12-26-53(50)57(54)49-24-14-22-45(35-49)40-17-7-3-8-18-40/h2-38,55-56H,1H3. The predicted octanol–water partition coefficient (Wildman–Crippen LogP) is 14.4. The normalized spacial score (nSPS) is 15.3. The zero-order valence-electron chi connectivity index (χ0n) is 31.9. The molecule has 10 rings (SSSR count). The number of para-hydroxylation sites is 1. The van der Waals surface area contributed by atoms with Gasteiger partial charge in [0.2, 0.25) is 0 Å². The van der Waals surface area contributed by atoms with Crippen LogP contribution in [0.2, 0.25) is 0 Å². The summed E-state index contributed by atoms with van der Waals surface area (Å²) in [5, 5.41) is 6.44. The van der Waals surface area contributed by atoms with Crippen LogP contribution in [0.4, 0.5) is 5.69 Å². The quantitative estimate of drug-likeness (QED) is 0.165. The molecule has 0 aliphatic heterocycles. The number of aromatic nitrogens is 1. The Balaban J connectivity index is 0.969. The van der Waals surface area contributed by atoms with Crippen molar-refractivity contribution in [1.29, 1.82) is 0 Å². The molecule has 2 atom stereocenters. The van der Waals surface area contributed by atoms with Crippen molar-refractivity contribution in [3.63, 3.8) is 0 Å². The zero-order chi connectivity index (χ0) is 38.1. The van der Waals surface area contributed by atoms with E-state index in [1.54, 1.807) is 0 Å². The second kappa shape index (κ2) is 14.8. The minimum atomic E-state index is 0.121. The van der Waals surface area contributed by atoms with E-state index in [9.17, 15) is 0 Å². The van der Waals surface area contributed by atoms with E-state index in [2.05, 4.69) is 235 Å². The lowest BCUT2D eigenvalue weighted by Crippen LogP contribution is -2.30. The molecule has 1 aliphatic carbocycles. The van der Waals surface area contributed by atoms with E-state index >= 15 is 0 Å². The fourth-order valence-electron chi connectivity index (χ4n) is 8.59. The van der Waals surface area contributed by atoms with Gasteiger partial charge in [-0.3, -0.25) is 0 Å². The third kappa shape index (κ3) is 6.66. The molecule has 1 heterocycles. The van der Waals surface area contributed by atoms with Crippen molar-refractivity contribution < 1.29 is 0 Å². The van der Waals surface area contributed by atoms with Gasteiger partial charge in [-0.1, -0.05) is 177 Å². The van der Waals surface area contributed by atoms with Gasteiger partial charge in [0.15, 0.2) is 0 Å². The van der Waals surface area contributed by atoms with Gasteiger partial charge in [0.1, 0.15) is 0 Å². The summed E-state index contributed by atoms with van der Waals surface area (Å²) >= 11 is 0. The third-order valence-corrected chi connectivity index (χ3v) is 11.4. The number of hydrogen-bond acceptors (Lipinski definition) is 1. The smallest absolute Gasteiger partial charge is 0.0580 e. The first-order chi connectivity index (χ1) is 28.2. The van der Waals surface area contributed by atoms with Crippen LogP contribution >= 0.6 is 0 Å². The average Bonchev–Trinajstić information content (AvgIpc) is 3.62. The highest BCUT2D eigenvalue weighted by Gasteiger charge is 2.26. The Kier molecular flexibility index (Phi) is 8.93. The third-order valence-electron chi connectivity index (χ3n) is 11.4. The molecule has 8 aromatic carbocycles. The molecule has 0 spiro atoms. The van der Waals surface area contributed by atoms with Gasteiger partial charge in [-0.15, -0.1) is 0 Å². The number of hydrogen-bond donors (Lipinski definition) is 1. The van der Waals surface area contributed by atoms with E-state index in [4.69, 9.17) is 0 Å². The molecule has 0 bridgehead atoms. The highest BCUT2D eigenvalue weighted by Crippen LogP contribution is 2.39. The van der Waals surface area contributed by atoms with Gasteiger partial charge in [-0.2, -0.15) is 0 Å². The predicted molar refractivity (Wildman–Crippen MR) is 243 cm³/mol. The average molecular weight is 731 g/mol. The Labute approximate surface area is 334 Å². The molecule has 9 aromatic rings. The maximum absolute atomic E-state index is 3.93. The number of rotatable bonds is 8. The van der Waals surface area contributed by atoms with Crippen molar-refractivity contribution in [2.24, 2.45) is 5.92 Å². The Bertz CT molecular complexity index is 2920. The molecule has 0 amide bonds. The first-order valence-electron chi connectivity index (χ1n) is 19.9. The van der Waals surface area contributed by atoms with Crippen LogP contribution in [0.15, 0.2) is 218 Å². The van der Waals surface area contributed by atoms with Crippen LogP contribution in [0.5, 0.6) is 0 Å². The number of anilines is 1. The van der Waals surface area contributed by atoms with Gasteiger partial charge < -0.3 is 9.88 Å². The topological polar surface area (TPSA) is 17.0 Å². The largest absolute Gasteiger partial charge is 0.378 e. The van der Waals surface area contributed by atoms with Gasteiger partial charge >= 0.3 is 0 Å². The van der Waals surface area contributed by atoms with Crippen LogP contribution < -0.4 is 5.32 Å². The molecule has 1 aliphatic rings. The summed E-state index contributed by atoms with van der Waals surface area (Å²) in [5.41, 5.74) is 17.0. The fourth-order valence-corrected chi connectivity index (χ4v) is 8.59. The van der Waals surface area contributed by atoms with Crippen molar-refractivity contribution in [1.82, 2.24) is 4.57 Å². The lowest BCUT2D eigenvalue weighted by molar-refractivity contribution is 0.676. The molecule has 2 heteroatoms. The van der Waals surface area contributed by atoms with Crippen molar-refractivity contribution in [2.75, 3.05) is 5.32 Å². The summed E-state index contributed by atoms with van der Waals surface area (Å²) in [6.45, 7) is 2.33. The number of nitrogens with zero attached hydrogens (tertiary/aromatic N) is 1. The second-order valence-electron chi connectivity index (χ2n) is 15.1. The van der Waals surface area contributed by atoms with E-state index < -0.39 is 0 Å². The number of benzene rings is 8. The van der Waals surface area contributed by atoms with Gasteiger partial charge in [0.25, 0.3) is 0 Å². The van der Waals surface area contributed by atoms with E-state index in [0.717, 1.165) is 11.4 Å². The minimum Gasteiger partial charge on any atom is -0.378 e. The Morgan fingerprint density at radius 1 is 0.404 bits per heavy atom. The van der Waals surface area contributed by atoms with Gasteiger partial charge in [-0.05, 0) is 110 Å². The molecule has 0 saturated carbocycles. The highest BCUT2D eigenvalue weighted by atomic mass is 15.0. The number of allylic oxidation sites excluding steroid dienone is 2. The van der Waals surface area contributed by atoms with Crippen LogP contribution in [0.3, 0.4) is 0 Å². The fraction of sp³-hybridized carbons (Fsp3) is 0.0545. The van der Waals surface area contributed by atoms with Gasteiger partial charge in [0.05, 0.1) is 17.1 Å². The number of nitrogens with one attached hydrogen (secondary N) is 1. The second-order valence-corrected chi connectivity index (χ2v) is 15.1. The minimum absolute atomic E-state index is 0.121. The molecular formula is C55H42N2. The molecule has 1 aromatic heterocycles. The van der Waals surface area contributed by atoms with Gasteiger partial charge in [0, 0.05) is 22.1 Å². The molecular weight excluding hydrogens is 689 g/mol. The molecule has 0 fully saturated rings. The van der Waals surface area contributed by atoms with Crippen LogP contribution in [-0.4, -0.2) is 10.6 Å². The Hall–Kier alpha value is -7.16. The van der Waals surface area contributed by atoms with Crippen LogP contribution in [0.25, 0.3) is 72.0 Å². The summed E-state index contributed by atoms with van der Waals surface area (Å²) in [6.07, 6.45) is 4.81. The van der Waals surface area contributed by atoms with Crippen molar-refractivity contribution in [3.05, 3.63) is 230 Å². The lowest BCUT2D eigenvalue weighted by Gasteiger charge is -2.32. The zero-order valence-corrected chi connectivity index (χ0v) is 31.9. The maximum atomic E-state index is 3.93. The maximum Gasteiger partial charge on any atom is 0.0580 e. The van der Waals surface area contributed by atoms with Crippen molar-refractivity contribution >= 4 is 38.6 Å². The van der Waals surface area contributed by atoms with E-state index in [0.29, 0.717) is 0 Å². The first-order valence-corrected chi connectivity index (χ1v) is 19.9. The van der Waals surface area contributed by atoms with E-state index in [-0.39, 0.29) is 12.0 Å².